The minimum Gasteiger partial charge on any atom is -0.342 e. The van der Waals surface area contributed by atoms with Crippen molar-refractivity contribution in [3.05, 3.63) is 42.5 Å². The molecule has 1 aliphatic rings. The van der Waals surface area contributed by atoms with Crippen LogP contribution in [0, 0.1) is 0 Å². The summed E-state index contributed by atoms with van der Waals surface area (Å²) in [5.41, 5.74) is 0. The number of amides is 1. The van der Waals surface area contributed by atoms with Crippen molar-refractivity contribution >= 4 is 26.5 Å². The first-order valence-electron chi connectivity index (χ1n) is 7.06. The first-order valence-corrected chi connectivity index (χ1v) is 8.71. The second kappa shape index (κ2) is 5.48. The first-order chi connectivity index (χ1) is 10.1. The summed E-state index contributed by atoms with van der Waals surface area (Å²) in [6, 6.07) is 12.6. The molecule has 1 amide bonds. The Bertz CT molecular complexity index is 777. The lowest BCUT2D eigenvalue weighted by Crippen LogP contribution is -2.33. The predicted octanol–water partition coefficient (Wildman–Crippen LogP) is 2.24. The summed E-state index contributed by atoms with van der Waals surface area (Å²) < 4.78 is 24.8. The van der Waals surface area contributed by atoms with E-state index in [0.29, 0.717) is 13.1 Å². The van der Waals surface area contributed by atoms with Crippen LogP contribution in [0.3, 0.4) is 0 Å². The highest BCUT2D eigenvalue weighted by atomic mass is 32.2. The van der Waals surface area contributed by atoms with Crippen LogP contribution in [0.1, 0.15) is 12.8 Å². The van der Waals surface area contributed by atoms with E-state index in [1.165, 1.54) is 0 Å². The van der Waals surface area contributed by atoms with Crippen LogP contribution >= 0.6 is 0 Å². The molecule has 0 saturated carbocycles. The maximum atomic E-state index is 12.4. The molecule has 5 heteroatoms. The molecule has 0 aliphatic carbocycles. The van der Waals surface area contributed by atoms with Gasteiger partial charge in [0.05, 0.1) is 4.90 Å². The van der Waals surface area contributed by atoms with Crippen molar-refractivity contribution in [3.63, 3.8) is 0 Å². The summed E-state index contributed by atoms with van der Waals surface area (Å²) in [6.45, 7) is 1.35. The molecular weight excluding hydrogens is 286 g/mol. The van der Waals surface area contributed by atoms with Gasteiger partial charge >= 0.3 is 0 Å². The van der Waals surface area contributed by atoms with Crippen LogP contribution in [0.25, 0.3) is 10.8 Å². The van der Waals surface area contributed by atoms with E-state index in [2.05, 4.69) is 0 Å². The van der Waals surface area contributed by atoms with Crippen LogP contribution in [-0.4, -0.2) is 38.1 Å². The van der Waals surface area contributed by atoms with Crippen molar-refractivity contribution < 1.29 is 13.2 Å². The molecule has 2 aromatic rings. The molecule has 110 valence electrons. The van der Waals surface area contributed by atoms with E-state index in [1.807, 2.05) is 24.3 Å². The summed E-state index contributed by atoms with van der Waals surface area (Å²) >= 11 is 0. The zero-order valence-electron chi connectivity index (χ0n) is 11.7. The van der Waals surface area contributed by atoms with Crippen molar-refractivity contribution in [2.75, 3.05) is 18.8 Å². The molecule has 1 fully saturated rings. The number of benzene rings is 2. The molecule has 1 saturated heterocycles. The van der Waals surface area contributed by atoms with Crippen molar-refractivity contribution in [3.8, 4) is 0 Å². The third-order valence-corrected chi connectivity index (χ3v) is 5.45. The minimum absolute atomic E-state index is 0.216. The third kappa shape index (κ3) is 2.93. The average Bonchev–Trinajstić information content (AvgIpc) is 3.00. The zero-order valence-corrected chi connectivity index (χ0v) is 12.5. The van der Waals surface area contributed by atoms with Gasteiger partial charge in [0.2, 0.25) is 5.91 Å². The highest BCUT2D eigenvalue weighted by molar-refractivity contribution is 7.92. The fourth-order valence-corrected chi connectivity index (χ4v) is 3.92. The van der Waals surface area contributed by atoms with Gasteiger partial charge in [0.15, 0.2) is 9.84 Å². The van der Waals surface area contributed by atoms with Crippen LogP contribution < -0.4 is 0 Å². The largest absolute Gasteiger partial charge is 0.342 e. The van der Waals surface area contributed by atoms with Crippen LogP contribution in [0.2, 0.25) is 0 Å². The number of carbonyl (C=O) groups excluding carboxylic acids is 1. The third-order valence-electron chi connectivity index (χ3n) is 3.85. The Kier molecular flexibility index (Phi) is 3.68. The lowest BCUT2D eigenvalue weighted by atomic mass is 10.1. The van der Waals surface area contributed by atoms with Crippen molar-refractivity contribution in [1.82, 2.24) is 4.90 Å². The Morgan fingerprint density at radius 1 is 1.00 bits per heavy atom. The van der Waals surface area contributed by atoms with Gasteiger partial charge in [0.1, 0.15) is 5.75 Å². The maximum absolute atomic E-state index is 12.4. The number of rotatable bonds is 3. The monoisotopic (exact) mass is 303 g/mol. The van der Waals surface area contributed by atoms with Gasteiger partial charge in [0.25, 0.3) is 0 Å². The van der Waals surface area contributed by atoms with Gasteiger partial charge in [-0.2, -0.15) is 0 Å². The fraction of sp³-hybridized carbons (Fsp3) is 0.312. The molecule has 4 nitrogen and oxygen atoms in total. The number of hydrogen-bond acceptors (Lipinski definition) is 3. The van der Waals surface area contributed by atoms with E-state index in [0.717, 1.165) is 23.6 Å². The number of fused-ring (bicyclic) bond motifs is 1. The first kappa shape index (κ1) is 14.1. The normalized spacial score (nSPS) is 15.5. The number of likely N-dealkylation sites (tertiary alicyclic amines) is 1. The topological polar surface area (TPSA) is 54.5 Å². The lowest BCUT2D eigenvalue weighted by Gasteiger charge is -2.15. The van der Waals surface area contributed by atoms with Crippen LogP contribution in [0.5, 0.6) is 0 Å². The molecule has 21 heavy (non-hydrogen) atoms. The maximum Gasteiger partial charge on any atom is 0.238 e. The van der Waals surface area contributed by atoms with E-state index >= 15 is 0 Å². The van der Waals surface area contributed by atoms with Crippen LogP contribution in [0.4, 0.5) is 0 Å². The highest BCUT2D eigenvalue weighted by Gasteiger charge is 2.25. The van der Waals surface area contributed by atoms with E-state index in [4.69, 9.17) is 0 Å². The Labute approximate surface area is 124 Å². The number of carbonyl (C=O) groups is 1. The molecule has 0 spiro atoms. The molecule has 3 rings (SSSR count). The molecule has 1 aliphatic heterocycles. The standard InChI is InChI=1S/C16H17NO3S/c18-16(17-9-3-4-10-17)12-21(19,20)15-8-7-13-5-1-2-6-14(13)11-15/h1-2,5-8,11H,3-4,9-10,12H2. The van der Waals surface area contributed by atoms with E-state index in [1.54, 1.807) is 23.1 Å². The molecule has 2 aromatic carbocycles. The van der Waals surface area contributed by atoms with Gasteiger partial charge < -0.3 is 4.90 Å². The smallest absolute Gasteiger partial charge is 0.238 e. The molecule has 0 unspecified atom stereocenters. The van der Waals surface area contributed by atoms with Gasteiger partial charge in [-0.25, -0.2) is 8.42 Å². The molecular formula is C16H17NO3S. The zero-order chi connectivity index (χ0) is 14.9. The Morgan fingerprint density at radius 2 is 1.67 bits per heavy atom. The van der Waals surface area contributed by atoms with Crippen LogP contribution in [-0.2, 0) is 14.6 Å². The summed E-state index contributed by atoms with van der Waals surface area (Å²) in [5.74, 6) is -0.730. The van der Waals surface area contributed by atoms with E-state index in [9.17, 15) is 13.2 Å². The van der Waals surface area contributed by atoms with Gasteiger partial charge in [-0.15, -0.1) is 0 Å². The van der Waals surface area contributed by atoms with E-state index in [-0.39, 0.29) is 10.8 Å². The second-order valence-corrected chi connectivity index (χ2v) is 7.35. The lowest BCUT2D eigenvalue weighted by molar-refractivity contribution is -0.127. The molecule has 0 atom stereocenters. The second-order valence-electron chi connectivity index (χ2n) is 5.36. The Morgan fingerprint density at radius 3 is 2.38 bits per heavy atom. The van der Waals surface area contributed by atoms with Crippen molar-refractivity contribution in [2.24, 2.45) is 0 Å². The number of hydrogen-bond donors (Lipinski definition) is 0. The average molecular weight is 303 g/mol. The summed E-state index contributed by atoms with van der Waals surface area (Å²) in [4.78, 5) is 13.9. The number of sulfone groups is 1. The van der Waals surface area contributed by atoms with Gasteiger partial charge in [-0.05, 0) is 35.7 Å². The highest BCUT2D eigenvalue weighted by Crippen LogP contribution is 2.20. The fourth-order valence-electron chi connectivity index (χ4n) is 2.66. The molecule has 1 heterocycles. The van der Waals surface area contributed by atoms with Gasteiger partial charge in [-0.1, -0.05) is 30.3 Å². The Hall–Kier alpha value is -1.88. The SMILES string of the molecule is O=C(CS(=O)(=O)c1ccc2ccccc2c1)N1CCCC1. The minimum atomic E-state index is -3.58. The molecule has 0 aromatic heterocycles. The Balaban J connectivity index is 1.87. The van der Waals surface area contributed by atoms with Gasteiger partial charge in [-0.3, -0.25) is 4.79 Å². The van der Waals surface area contributed by atoms with Gasteiger partial charge in [0, 0.05) is 13.1 Å². The predicted molar refractivity (Wildman–Crippen MR) is 81.8 cm³/mol. The van der Waals surface area contributed by atoms with Crippen molar-refractivity contribution in [1.29, 1.82) is 0 Å². The van der Waals surface area contributed by atoms with Crippen LogP contribution in [0.15, 0.2) is 47.4 Å². The molecule has 0 N–H and O–H groups in total. The summed E-state index contributed by atoms with van der Waals surface area (Å²) in [7, 11) is -3.58. The van der Waals surface area contributed by atoms with E-state index < -0.39 is 15.6 Å². The van der Waals surface area contributed by atoms with Crippen molar-refractivity contribution in [2.45, 2.75) is 17.7 Å². The molecule has 0 bridgehead atoms. The summed E-state index contributed by atoms with van der Waals surface area (Å²) in [6.07, 6.45) is 1.92. The summed E-state index contributed by atoms with van der Waals surface area (Å²) in [5, 5.41) is 1.86. The number of nitrogens with zero attached hydrogens (tertiary/aromatic N) is 1. The molecule has 0 radical (unpaired) electrons. The quantitative estimate of drug-likeness (QED) is 0.874.